The number of nitro groups is 1. The fraction of sp³-hybridized carbons (Fsp3) is 0.500. The van der Waals surface area contributed by atoms with E-state index in [1.165, 1.54) is 18.2 Å². The molecular formula is C12H15Cl2NO5S. The summed E-state index contributed by atoms with van der Waals surface area (Å²) in [7, 11) is 1.65. The SMILES string of the molecule is CCCC(COc1ccc([N+](=O)[O-])c(Cl)c1)CS(=O)(=O)Cl. The van der Waals surface area contributed by atoms with Crippen molar-refractivity contribution >= 4 is 37.0 Å². The summed E-state index contributed by atoms with van der Waals surface area (Å²) in [6.07, 6.45) is 1.44. The van der Waals surface area contributed by atoms with E-state index in [4.69, 9.17) is 27.0 Å². The molecule has 0 fully saturated rings. The normalized spacial score (nSPS) is 12.9. The van der Waals surface area contributed by atoms with Gasteiger partial charge in [-0.3, -0.25) is 10.1 Å². The predicted octanol–water partition coefficient (Wildman–Crippen LogP) is 3.61. The molecule has 1 unspecified atom stereocenters. The molecule has 0 bridgehead atoms. The van der Waals surface area contributed by atoms with E-state index in [2.05, 4.69) is 0 Å². The third-order valence-corrected chi connectivity index (χ3v) is 4.28. The number of benzene rings is 1. The standard InChI is InChI=1S/C12H15Cl2NO5S/c1-2-3-9(8-21(14,18)19)7-20-10-4-5-12(15(16)17)11(13)6-10/h4-6,9H,2-3,7-8H2,1H3. The molecule has 0 spiro atoms. The van der Waals surface area contributed by atoms with Gasteiger partial charge in [0.15, 0.2) is 0 Å². The first kappa shape index (κ1) is 18.0. The van der Waals surface area contributed by atoms with Crippen LogP contribution in [0.5, 0.6) is 5.75 Å². The van der Waals surface area contributed by atoms with Crippen molar-refractivity contribution in [2.75, 3.05) is 12.4 Å². The Morgan fingerprint density at radius 3 is 2.57 bits per heavy atom. The van der Waals surface area contributed by atoms with Crippen molar-refractivity contribution in [2.45, 2.75) is 19.8 Å². The number of rotatable bonds is 8. The molecule has 6 nitrogen and oxygen atoms in total. The summed E-state index contributed by atoms with van der Waals surface area (Å²) in [6, 6.07) is 3.99. The summed E-state index contributed by atoms with van der Waals surface area (Å²) in [6.45, 7) is 2.07. The molecule has 21 heavy (non-hydrogen) atoms. The number of halogens is 2. The van der Waals surface area contributed by atoms with Gasteiger partial charge in [0.25, 0.3) is 5.69 Å². The summed E-state index contributed by atoms with van der Waals surface area (Å²) in [5.41, 5.74) is -0.211. The second kappa shape index (κ2) is 7.82. The third-order valence-electron chi connectivity index (χ3n) is 2.73. The topological polar surface area (TPSA) is 86.5 Å². The van der Waals surface area contributed by atoms with Crippen LogP contribution in [-0.2, 0) is 9.05 Å². The Kier molecular flexibility index (Phi) is 6.70. The molecule has 118 valence electrons. The maximum Gasteiger partial charge on any atom is 0.288 e. The van der Waals surface area contributed by atoms with Gasteiger partial charge in [-0.2, -0.15) is 0 Å². The van der Waals surface area contributed by atoms with Crippen LogP contribution >= 0.6 is 22.3 Å². The Hall–Kier alpha value is -1.05. The van der Waals surface area contributed by atoms with Gasteiger partial charge in [0.1, 0.15) is 10.8 Å². The number of hydrogen-bond donors (Lipinski definition) is 0. The summed E-state index contributed by atoms with van der Waals surface area (Å²) >= 11 is 5.77. The third kappa shape index (κ3) is 6.50. The lowest BCUT2D eigenvalue weighted by atomic mass is 10.1. The number of nitrogens with zero attached hydrogens (tertiary/aromatic N) is 1. The van der Waals surface area contributed by atoms with E-state index < -0.39 is 14.0 Å². The van der Waals surface area contributed by atoms with Crippen molar-refractivity contribution in [2.24, 2.45) is 5.92 Å². The Morgan fingerprint density at radius 2 is 2.10 bits per heavy atom. The van der Waals surface area contributed by atoms with Crippen LogP contribution in [0.4, 0.5) is 5.69 Å². The molecule has 1 rings (SSSR count). The van der Waals surface area contributed by atoms with Gasteiger partial charge in [-0.25, -0.2) is 8.42 Å². The van der Waals surface area contributed by atoms with Crippen molar-refractivity contribution in [1.29, 1.82) is 0 Å². The van der Waals surface area contributed by atoms with Crippen LogP contribution in [0.2, 0.25) is 5.02 Å². The lowest BCUT2D eigenvalue weighted by Crippen LogP contribution is -2.19. The minimum Gasteiger partial charge on any atom is -0.493 e. The summed E-state index contributed by atoms with van der Waals surface area (Å²) in [5.74, 6) is -0.0755. The van der Waals surface area contributed by atoms with Gasteiger partial charge in [-0.1, -0.05) is 24.9 Å². The first-order chi connectivity index (χ1) is 9.73. The van der Waals surface area contributed by atoms with Crippen LogP contribution in [0, 0.1) is 16.0 Å². The number of hydrogen-bond acceptors (Lipinski definition) is 5. The molecule has 1 aromatic carbocycles. The number of nitro benzene ring substituents is 1. The van der Waals surface area contributed by atoms with Crippen molar-refractivity contribution in [3.8, 4) is 5.75 Å². The van der Waals surface area contributed by atoms with Crippen LogP contribution in [0.25, 0.3) is 0 Å². The van der Waals surface area contributed by atoms with Crippen LogP contribution in [0.15, 0.2) is 18.2 Å². The molecular weight excluding hydrogens is 341 g/mol. The fourth-order valence-corrected chi connectivity index (χ4v) is 3.44. The van der Waals surface area contributed by atoms with E-state index in [-0.39, 0.29) is 29.0 Å². The molecule has 0 aliphatic carbocycles. The van der Waals surface area contributed by atoms with Gasteiger partial charge in [0.2, 0.25) is 9.05 Å². The van der Waals surface area contributed by atoms with Gasteiger partial charge >= 0.3 is 0 Å². The zero-order valence-electron chi connectivity index (χ0n) is 11.3. The van der Waals surface area contributed by atoms with Crippen molar-refractivity contribution in [1.82, 2.24) is 0 Å². The number of ether oxygens (including phenoxy) is 1. The van der Waals surface area contributed by atoms with Gasteiger partial charge in [-0.05, 0) is 12.5 Å². The highest BCUT2D eigenvalue weighted by atomic mass is 35.7. The maximum atomic E-state index is 11.1. The fourth-order valence-electron chi connectivity index (χ4n) is 1.84. The van der Waals surface area contributed by atoms with Crippen molar-refractivity contribution < 1.29 is 18.1 Å². The molecule has 0 aliphatic heterocycles. The Bertz CT molecular complexity index is 606. The van der Waals surface area contributed by atoms with E-state index in [0.29, 0.717) is 12.2 Å². The summed E-state index contributed by atoms with van der Waals surface area (Å²) in [4.78, 5) is 10.0. The summed E-state index contributed by atoms with van der Waals surface area (Å²) < 4.78 is 27.7. The van der Waals surface area contributed by atoms with E-state index in [1.54, 1.807) is 0 Å². The van der Waals surface area contributed by atoms with Gasteiger partial charge in [0, 0.05) is 28.7 Å². The molecule has 0 aliphatic rings. The molecule has 1 atom stereocenters. The molecule has 0 heterocycles. The maximum absolute atomic E-state index is 11.1. The average Bonchev–Trinajstić information content (AvgIpc) is 2.34. The highest BCUT2D eigenvalue weighted by Crippen LogP contribution is 2.28. The van der Waals surface area contributed by atoms with Crippen LogP contribution in [0.1, 0.15) is 19.8 Å². The second-order valence-electron chi connectivity index (χ2n) is 4.54. The molecule has 0 saturated carbocycles. The van der Waals surface area contributed by atoms with E-state index in [0.717, 1.165) is 6.42 Å². The Morgan fingerprint density at radius 1 is 1.43 bits per heavy atom. The van der Waals surface area contributed by atoms with E-state index in [1.807, 2.05) is 6.92 Å². The van der Waals surface area contributed by atoms with Crippen LogP contribution < -0.4 is 4.74 Å². The average molecular weight is 356 g/mol. The quantitative estimate of drug-likeness (QED) is 0.403. The molecule has 9 heteroatoms. The molecule has 0 amide bonds. The highest BCUT2D eigenvalue weighted by molar-refractivity contribution is 8.13. The predicted molar refractivity (Wildman–Crippen MR) is 81.6 cm³/mol. The zero-order valence-corrected chi connectivity index (χ0v) is 13.6. The van der Waals surface area contributed by atoms with Crippen LogP contribution in [-0.4, -0.2) is 25.7 Å². The van der Waals surface area contributed by atoms with E-state index in [9.17, 15) is 18.5 Å². The van der Waals surface area contributed by atoms with Gasteiger partial charge in [-0.15, -0.1) is 0 Å². The first-order valence-corrected chi connectivity index (χ1v) is 9.07. The van der Waals surface area contributed by atoms with Crippen molar-refractivity contribution in [3.63, 3.8) is 0 Å². The van der Waals surface area contributed by atoms with Gasteiger partial charge in [0.05, 0.1) is 17.3 Å². The van der Waals surface area contributed by atoms with Gasteiger partial charge < -0.3 is 4.74 Å². The largest absolute Gasteiger partial charge is 0.493 e. The van der Waals surface area contributed by atoms with Crippen molar-refractivity contribution in [3.05, 3.63) is 33.3 Å². The molecule has 0 N–H and O–H groups in total. The molecule has 0 radical (unpaired) electrons. The Labute approximate surface area is 132 Å². The minimum atomic E-state index is -3.60. The highest BCUT2D eigenvalue weighted by Gasteiger charge is 2.18. The zero-order chi connectivity index (χ0) is 16.0. The first-order valence-electron chi connectivity index (χ1n) is 6.22. The Balaban J connectivity index is 2.72. The monoisotopic (exact) mass is 355 g/mol. The van der Waals surface area contributed by atoms with Crippen LogP contribution in [0.3, 0.4) is 0 Å². The minimum absolute atomic E-state index is 0.0329. The smallest absolute Gasteiger partial charge is 0.288 e. The molecule has 0 aromatic heterocycles. The van der Waals surface area contributed by atoms with E-state index >= 15 is 0 Å². The molecule has 1 aromatic rings. The second-order valence-corrected chi connectivity index (χ2v) is 7.77. The molecule has 0 saturated heterocycles. The summed E-state index contributed by atoms with van der Waals surface area (Å²) in [5, 5.41) is 10.6. The lowest BCUT2D eigenvalue weighted by Gasteiger charge is -2.15. The lowest BCUT2D eigenvalue weighted by molar-refractivity contribution is -0.384.